The van der Waals surface area contributed by atoms with Crippen molar-refractivity contribution < 1.29 is 9.59 Å². The van der Waals surface area contributed by atoms with Gasteiger partial charge in [-0.05, 0) is 40.7 Å². The molecule has 2 N–H and O–H groups in total. The first kappa shape index (κ1) is 28.1. The number of aromatic amines is 1. The maximum atomic E-state index is 14.1. The molecule has 7 nitrogen and oxygen atoms in total. The molecule has 0 bridgehead atoms. The number of aromatic nitrogens is 2. The molecule has 41 heavy (non-hydrogen) atoms. The van der Waals surface area contributed by atoms with Gasteiger partial charge in [0.25, 0.3) is 0 Å². The molecule has 7 heteroatoms. The van der Waals surface area contributed by atoms with Crippen LogP contribution in [0.15, 0.2) is 85.2 Å². The lowest BCUT2D eigenvalue weighted by Crippen LogP contribution is -2.52. The summed E-state index contributed by atoms with van der Waals surface area (Å²) in [4.78, 5) is 38.9. The molecule has 3 amide bonds. The molecule has 0 fully saturated rings. The van der Waals surface area contributed by atoms with Crippen LogP contribution in [-0.4, -0.2) is 39.9 Å². The Morgan fingerprint density at radius 2 is 1.78 bits per heavy atom. The van der Waals surface area contributed by atoms with Crippen LogP contribution in [0.5, 0.6) is 0 Å². The summed E-state index contributed by atoms with van der Waals surface area (Å²) < 4.78 is 0. The maximum Gasteiger partial charge on any atom is 0.325 e. The minimum absolute atomic E-state index is 0.0681. The Balaban J connectivity index is 1.48. The van der Waals surface area contributed by atoms with Crippen LogP contribution >= 0.6 is 0 Å². The number of benzene rings is 3. The van der Waals surface area contributed by atoms with Gasteiger partial charge in [0.2, 0.25) is 5.91 Å². The summed E-state index contributed by atoms with van der Waals surface area (Å²) in [6, 6.07) is 23.7. The number of nitrogens with zero attached hydrogens (tertiary/aromatic N) is 3. The number of carbonyl (C=O) groups is 2. The summed E-state index contributed by atoms with van der Waals surface area (Å²) >= 11 is 0. The Morgan fingerprint density at radius 1 is 1.02 bits per heavy atom. The molecule has 5 rings (SSSR count). The third kappa shape index (κ3) is 6.19. The van der Waals surface area contributed by atoms with Crippen molar-refractivity contribution in [2.75, 3.05) is 23.3 Å². The van der Waals surface area contributed by atoms with Crippen molar-refractivity contribution in [3.8, 4) is 0 Å². The molecule has 0 saturated carbocycles. The van der Waals surface area contributed by atoms with Gasteiger partial charge in [0.15, 0.2) is 0 Å². The lowest BCUT2D eigenvalue weighted by Gasteiger charge is -2.42. The molecule has 1 aliphatic rings. The second-order valence-electron chi connectivity index (χ2n) is 11.7. The van der Waals surface area contributed by atoms with Gasteiger partial charge in [0.1, 0.15) is 12.4 Å². The Labute approximate surface area is 242 Å². The van der Waals surface area contributed by atoms with Crippen LogP contribution in [0.2, 0.25) is 0 Å². The van der Waals surface area contributed by atoms with Crippen LogP contribution in [0, 0.1) is 0 Å². The van der Waals surface area contributed by atoms with E-state index in [-0.39, 0.29) is 29.9 Å². The Bertz CT molecular complexity index is 1490. The molecule has 0 saturated heterocycles. The van der Waals surface area contributed by atoms with Gasteiger partial charge < -0.3 is 15.2 Å². The Morgan fingerprint density at radius 3 is 2.49 bits per heavy atom. The van der Waals surface area contributed by atoms with Gasteiger partial charge in [-0.1, -0.05) is 94.8 Å². The number of unbranched alkanes of at least 4 members (excludes halogenated alkanes) is 1. The van der Waals surface area contributed by atoms with Crippen molar-refractivity contribution in [1.82, 2.24) is 14.9 Å². The van der Waals surface area contributed by atoms with Gasteiger partial charge in [-0.2, -0.15) is 0 Å². The number of fused-ring (bicyclic) bond motifs is 1. The van der Waals surface area contributed by atoms with E-state index in [0.717, 1.165) is 52.3 Å². The Kier molecular flexibility index (Phi) is 8.24. The van der Waals surface area contributed by atoms with Crippen LogP contribution in [0.4, 0.5) is 16.2 Å². The fraction of sp³-hybridized carbons (Fsp3) is 0.324. The van der Waals surface area contributed by atoms with E-state index in [9.17, 15) is 9.59 Å². The average Bonchev–Trinajstić information content (AvgIpc) is 3.46. The zero-order valence-electron chi connectivity index (χ0n) is 24.4. The number of hydrogen-bond acceptors (Lipinski definition) is 3. The molecule has 212 valence electrons. The number of nitrogens with one attached hydrogen (secondary N) is 2. The first-order valence-electron chi connectivity index (χ1n) is 14.4. The van der Waals surface area contributed by atoms with Gasteiger partial charge in [-0.3, -0.25) is 9.69 Å². The Hall–Kier alpha value is -4.39. The number of rotatable bonds is 9. The molecule has 0 radical (unpaired) electrons. The largest absolute Gasteiger partial charge is 0.348 e. The molecule has 0 spiro atoms. The minimum atomic E-state index is -0.365. The summed E-state index contributed by atoms with van der Waals surface area (Å²) in [7, 11) is 0. The zero-order valence-corrected chi connectivity index (χ0v) is 24.4. The average molecular weight is 550 g/mol. The summed E-state index contributed by atoms with van der Waals surface area (Å²) in [5.41, 5.74) is 5.57. The molecule has 2 heterocycles. The number of amides is 3. The quantitative estimate of drug-likeness (QED) is 0.234. The van der Waals surface area contributed by atoms with E-state index in [2.05, 4.69) is 61.2 Å². The molecule has 1 unspecified atom stereocenters. The summed E-state index contributed by atoms with van der Waals surface area (Å²) in [5.74, 6) is 0.635. The van der Waals surface area contributed by atoms with Crippen molar-refractivity contribution >= 4 is 23.3 Å². The van der Waals surface area contributed by atoms with Gasteiger partial charge in [0, 0.05) is 36.6 Å². The van der Waals surface area contributed by atoms with Crippen molar-refractivity contribution in [1.29, 1.82) is 0 Å². The predicted octanol–water partition coefficient (Wildman–Crippen LogP) is 7.07. The highest BCUT2D eigenvalue weighted by Gasteiger charge is 2.39. The smallest absolute Gasteiger partial charge is 0.325 e. The first-order chi connectivity index (χ1) is 19.8. The van der Waals surface area contributed by atoms with Crippen LogP contribution in [0.3, 0.4) is 0 Å². The van der Waals surface area contributed by atoms with Crippen LogP contribution < -0.4 is 10.2 Å². The number of imidazole rings is 1. The maximum absolute atomic E-state index is 14.1. The first-order valence-corrected chi connectivity index (χ1v) is 14.4. The summed E-state index contributed by atoms with van der Waals surface area (Å²) in [5, 5.41) is 3.18. The molecule has 3 aromatic carbocycles. The lowest BCUT2D eigenvalue weighted by atomic mass is 9.85. The van der Waals surface area contributed by atoms with E-state index in [1.807, 2.05) is 65.7 Å². The fourth-order valence-electron chi connectivity index (χ4n) is 5.58. The standard InChI is InChI=1S/C34H39N5O2/c1-5-6-20-38-29-15-11-10-14-26(29)32(25-12-8-7-9-13-25)39(33(38)41)23-31(40)37-28-21-24(22-30-35-18-19-36-30)16-17-27(28)34(2,3)4/h7-19,21,32H,5-6,20,22-23H2,1-4H3,(H,35,36)(H,37,40). The number of hydrogen-bond donors (Lipinski definition) is 2. The zero-order chi connectivity index (χ0) is 29.0. The third-order valence-electron chi connectivity index (χ3n) is 7.57. The number of H-pyrrole nitrogens is 1. The number of para-hydroxylation sites is 1. The molecular formula is C34H39N5O2. The second kappa shape index (κ2) is 12.0. The highest BCUT2D eigenvalue weighted by atomic mass is 16.2. The van der Waals surface area contributed by atoms with E-state index in [0.29, 0.717) is 13.0 Å². The van der Waals surface area contributed by atoms with E-state index in [1.165, 1.54) is 0 Å². The number of anilines is 2. The van der Waals surface area contributed by atoms with E-state index in [1.54, 1.807) is 11.1 Å². The van der Waals surface area contributed by atoms with Gasteiger partial charge >= 0.3 is 6.03 Å². The van der Waals surface area contributed by atoms with Crippen molar-refractivity contribution in [3.63, 3.8) is 0 Å². The van der Waals surface area contributed by atoms with E-state index < -0.39 is 0 Å². The number of urea groups is 1. The summed E-state index contributed by atoms with van der Waals surface area (Å²) in [6.45, 7) is 9.05. The van der Waals surface area contributed by atoms with Crippen LogP contribution in [0.25, 0.3) is 0 Å². The number of carbonyl (C=O) groups excluding carboxylic acids is 2. The molecule has 1 atom stereocenters. The third-order valence-corrected chi connectivity index (χ3v) is 7.57. The van der Waals surface area contributed by atoms with Crippen molar-refractivity contribution in [3.05, 3.63) is 113 Å². The van der Waals surface area contributed by atoms with Crippen LogP contribution in [0.1, 0.15) is 74.7 Å². The topological polar surface area (TPSA) is 81.3 Å². The van der Waals surface area contributed by atoms with Crippen LogP contribution in [-0.2, 0) is 16.6 Å². The molecule has 1 aliphatic heterocycles. The van der Waals surface area contributed by atoms with E-state index in [4.69, 9.17) is 0 Å². The molecule has 1 aromatic heterocycles. The predicted molar refractivity (Wildman–Crippen MR) is 164 cm³/mol. The van der Waals surface area contributed by atoms with Gasteiger partial charge in [0.05, 0.1) is 11.7 Å². The minimum Gasteiger partial charge on any atom is -0.348 e. The van der Waals surface area contributed by atoms with Gasteiger partial charge in [-0.25, -0.2) is 9.78 Å². The summed E-state index contributed by atoms with van der Waals surface area (Å²) in [6.07, 6.45) is 6.03. The highest BCUT2D eigenvalue weighted by molar-refractivity contribution is 6.01. The van der Waals surface area contributed by atoms with Crippen molar-refractivity contribution in [2.24, 2.45) is 0 Å². The molecule has 4 aromatic rings. The SMILES string of the molecule is CCCCN1C(=O)N(CC(=O)Nc2cc(Cc3ncc[nH]3)ccc2C(C)(C)C)C(c2ccccc2)c2ccccc21. The van der Waals surface area contributed by atoms with Gasteiger partial charge in [-0.15, -0.1) is 0 Å². The fourth-order valence-corrected chi connectivity index (χ4v) is 5.58. The normalized spacial score (nSPS) is 15.1. The lowest BCUT2D eigenvalue weighted by molar-refractivity contribution is -0.117. The second-order valence-corrected chi connectivity index (χ2v) is 11.7. The van der Waals surface area contributed by atoms with Crippen molar-refractivity contribution in [2.45, 2.75) is 58.4 Å². The molecular weight excluding hydrogens is 510 g/mol. The molecule has 0 aliphatic carbocycles. The highest BCUT2D eigenvalue weighted by Crippen LogP contribution is 2.40. The monoisotopic (exact) mass is 549 g/mol. The van der Waals surface area contributed by atoms with E-state index >= 15 is 0 Å².